The number of carbonyl (C=O) groups excluding carboxylic acids is 1. The highest BCUT2D eigenvalue weighted by Gasteiger charge is 2.31. The SMILES string of the molecule is Cc1ccc(S(=O)(=O)N2CCN(C(=O)c3cc(-c4ccc(C)s4)[nH]n3)CC2)cc1. The van der Waals surface area contributed by atoms with Gasteiger partial charge in [0.25, 0.3) is 5.91 Å². The number of sulfonamides is 1. The van der Waals surface area contributed by atoms with E-state index < -0.39 is 10.0 Å². The summed E-state index contributed by atoms with van der Waals surface area (Å²) in [6, 6.07) is 12.6. The zero-order chi connectivity index (χ0) is 20.6. The maximum absolute atomic E-state index is 12.8. The summed E-state index contributed by atoms with van der Waals surface area (Å²) < 4.78 is 27.1. The maximum atomic E-state index is 12.8. The molecule has 0 radical (unpaired) electrons. The number of rotatable bonds is 4. The minimum atomic E-state index is -3.55. The lowest BCUT2D eigenvalue weighted by Gasteiger charge is -2.33. The molecule has 1 aliphatic rings. The van der Waals surface area contributed by atoms with Crippen molar-refractivity contribution in [3.8, 4) is 10.6 Å². The van der Waals surface area contributed by atoms with E-state index in [2.05, 4.69) is 10.2 Å². The molecular formula is C20H22N4O3S2. The molecule has 2 aromatic heterocycles. The fourth-order valence-corrected chi connectivity index (χ4v) is 5.55. The Morgan fingerprint density at radius 1 is 1.03 bits per heavy atom. The smallest absolute Gasteiger partial charge is 0.274 e. The Bertz CT molecular complexity index is 1120. The third-order valence-corrected chi connectivity index (χ3v) is 7.93. The number of hydrogen-bond acceptors (Lipinski definition) is 5. The Morgan fingerprint density at radius 2 is 1.72 bits per heavy atom. The molecule has 152 valence electrons. The number of aryl methyl sites for hydroxylation is 2. The van der Waals surface area contributed by atoms with Gasteiger partial charge in [-0.25, -0.2) is 8.42 Å². The van der Waals surface area contributed by atoms with Crippen LogP contribution in [0.2, 0.25) is 0 Å². The van der Waals surface area contributed by atoms with Crippen LogP contribution in [0.1, 0.15) is 20.9 Å². The number of thiophene rings is 1. The van der Waals surface area contributed by atoms with Gasteiger partial charge in [0.05, 0.1) is 15.5 Å². The van der Waals surface area contributed by atoms with Gasteiger partial charge in [-0.3, -0.25) is 9.89 Å². The average Bonchev–Trinajstić information content (AvgIpc) is 3.37. The Hall–Kier alpha value is -2.49. The zero-order valence-electron chi connectivity index (χ0n) is 16.3. The van der Waals surface area contributed by atoms with Crippen molar-refractivity contribution >= 4 is 27.3 Å². The molecule has 0 saturated carbocycles. The number of nitrogens with one attached hydrogen (secondary N) is 1. The number of amides is 1. The van der Waals surface area contributed by atoms with Crippen LogP contribution in [0, 0.1) is 13.8 Å². The first-order chi connectivity index (χ1) is 13.8. The normalized spacial score (nSPS) is 15.6. The molecule has 3 heterocycles. The van der Waals surface area contributed by atoms with Crippen LogP contribution < -0.4 is 0 Å². The average molecular weight is 431 g/mol. The highest BCUT2D eigenvalue weighted by atomic mass is 32.2. The standard InChI is InChI=1S/C20H22N4O3S2/c1-14-3-6-16(7-4-14)29(26,27)24-11-9-23(10-12-24)20(25)18-13-17(21-22-18)19-8-5-15(2)28-19/h3-8,13H,9-12H2,1-2H3,(H,21,22). The summed E-state index contributed by atoms with van der Waals surface area (Å²) in [6.45, 7) is 5.16. The van der Waals surface area contributed by atoms with Crippen molar-refractivity contribution in [2.75, 3.05) is 26.2 Å². The van der Waals surface area contributed by atoms with Crippen molar-refractivity contribution in [2.45, 2.75) is 18.7 Å². The minimum absolute atomic E-state index is 0.187. The molecule has 7 nitrogen and oxygen atoms in total. The van der Waals surface area contributed by atoms with E-state index in [-0.39, 0.29) is 23.9 Å². The number of piperazine rings is 1. The van der Waals surface area contributed by atoms with Crippen LogP contribution in [0.25, 0.3) is 10.6 Å². The van der Waals surface area contributed by atoms with Crippen LogP contribution in [-0.4, -0.2) is 59.9 Å². The van der Waals surface area contributed by atoms with Crippen molar-refractivity contribution in [1.29, 1.82) is 0 Å². The van der Waals surface area contributed by atoms with Crippen LogP contribution in [0.3, 0.4) is 0 Å². The predicted molar refractivity (Wildman–Crippen MR) is 112 cm³/mol. The molecule has 9 heteroatoms. The first-order valence-electron chi connectivity index (χ1n) is 9.33. The number of carbonyl (C=O) groups is 1. The highest BCUT2D eigenvalue weighted by molar-refractivity contribution is 7.89. The van der Waals surface area contributed by atoms with Crippen molar-refractivity contribution in [1.82, 2.24) is 19.4 Å². The van der Waals surface area contributed by atoms with Crippen molar-refractivity contribution in [3.63, 3.8) is 0 Å². The lowest BCUT2D eigenvalue weighted by atomic mass is 10.2. The number of benzene rings is 1. The second kappa shape index (κ2) is 7.74. The summed E-state index contributed by atoms with van der Waals surface area (Å²) in [4.78, 5) is 16.9. The molecule has 3 aromatic rings. The van der Waals surface area contributed by atoms with E-state index >= 15 is 0 Å². The number of nitrogens with zero attached hydrogens (tertiary/aromatic N) is 3. The highest BCUT2D eigenvalue weighted by Crippen LogP contribution is 2.27. The summed E-state index contributed by atoms with van der Waals surface area (Å²) in [5.41, 5.74) is 2.17. The third kappa shape index (κ3) is 3.98. The van der Waals surface area contributed by atoms with E-state index in [9.17, 15) is 13.2 Å². The molecule has 0 unspecified atom stereocenters. The van der Waals surface area contributed by atoms with Gasteiger partial charge < -0.3 is 4.90 Å². The molecule has 0 spiro atoms. The summed E-state index contributed by atoms with van der Waals surface area (Å²) in [7, 11) is -3.55. The van der Waals surface area contributed by atoms with Gasteiger partial charge in [0.1, 0.15) is 0 Å². The van der Waals surface area contributed by atoms with Crippen LogP contribution in [0.4, 0.5) is 0 Å². The van der Waals surface area contributed by atoms with Crippen LogP contribution in [-0.2, 0) is 10.0 Å². The molecule has 1 saturated heterocycles. The molecule has 1 aromatic carbocycles. The Morgan fingerprint density at radius 3 is 2.34 bits per heavy atom. The topological polar surface area (TPSA) is 86.4 Å². The number of hydrogen-bond donors (Lipinski definition) is 1. The molecule has 1 fully saturated rings. The van der Waals surface area contributed by atoms with Gasteiger partial charge in [0.15, 0.2) is 5.69 Å². The van der Waals surface area contributed by atoms with Gasteiger partial charge >= 0.3 is 0 Å². The first kappa shape index (κ1) is 19.8. The van der Waals surface area contributed by atoms with Gasteiger partial charge in [0, 0.05) is 31.1 Å². The molecule has 1 N–H and O–H groups in total. The largest absolute Gasteiger partial charge is 0.335 e. The summed E-state index contributed by atoms with van der Waals surface area (Å²) in [5.74, 6) is -0.187. The van der Waals surface area contributed by atoms with Crippen molar-refractivity contribution in [3.05, 3.63) is 58.6 Å². The van der Waals surface area contributed by atoms with Gasteiger partial charge in [0.2, 0.25) is 10.0 Å². The van der Waals surface area contributed by atoms with E-state index in [4.69, 9.17) is 0 Å². The van der Waals surface area contributed by atoms with Crippen LogP contribution >= 0.6 is 11.3 Å². The minimum Gasteiger partial charge on any atom is -0.335 e. The monoisotopic (exact) mass is 430 g/mol. The molecular weight excluding hydrogens is 408 g/mol. The Labute approximate surface area is 174 Å². The van der Waals surface area contributed by atoms with Gasteiger partial charge in [-0.15, -0.1) is 11.3 Å². The van der Waals surface area contributed by atoms with Crippen LogP contribution in [0.15, 0.2) is 47.4 Å². The number of aromatic amines is 1. The van der Waals surface area contributed by atoms with E-state index in [0.717, 1.165) is 16.1 Å². The van der Waals surface area contributed by atoms with Crippen molar-refractivity contribution in [2.24, 2.45) is 0 Å². The van der Waals surface area contributed by atoms with E-state index in [1.807, 2.05) is 26.0 Å². The number of H-pyrrole nitrogens is 1. The zero-order valence-corrected chi connectivity index (χ0v) is 17.9. The summed E-state index contributed by atoms with van der Waals surface area (Å²) >= 11 is 1.63. The fraction of sp³-hybridized carbons (Fsp3) is 0.300. The maximum Gasteiger partial charge on any atom is 0.274 e. The first-order valence-corrected chi connectivity index (χ1v) is 11.6. The second-order valence-electron chi connectivity index (χ2n) is 7.09. The molecule has 0 aliphatic carbocycles. The molecule has 1 aliphatic heterocycles. The predicted octanol–water partition coefficient (Wildman–Crippen LogP) is 2.90. The van der Waals surface area contributed by atoms with Gasteiger partial charge in [-0.1, -0.05) is 17.7 Å². The lowest BCUT2D eigenvalue weighted by molar-refractivity contribution is 0.0692. The Balaban J connectivity index is 1.42. The molecule has 0 atom stereocenters. The number of aromatic nitrogens is 2. The van der Waals surface area contributed by atoms with E-state index in [0.29, 0.717) is 18.8 Å². The van der Waals surface area contributed by atoms with Crippen LogP contribution in [0.5, 0.6) is 0 Å². The third-order valence-electron chi connectivity index (χ3n) is 4.99. The summed E-state index contributed by atoms with van der Waals surface area (Å²) in [6.07, 6.45) is 0. The van der Waals surface area contributed by atoms with Crippen molar-refractivity contribution < 1.29 is 13.2 Å². The second-order valence-corrected chi connectivity index (χ2v) is 10.3. The quantitative estimate of drug-likeness (QED) is 0.690. The van der Waals surface area contributed by atoms with Gasteiger partial charge in [-0.2, -0.15) is 9.40 Å². The lowest BCUT2D eigenvalue weighted by Crippen LogP contribution is -2.50. The molecule has 0 bridgehead atoms. The van der Waals surface area contributed by atoms with Gasteiger partial charge in [-0.05, 0) is 44.2 Å². The Kier molecular flexibility index (Phi) is 5.28. The van der Waals surface area contributed by atoms with E-state index in [1.54, 1.807) is 46.6 Å². The fourth-order valence-electron chi connectivity index (χ4n) is 3.29. The molecule has 1 amide bonds. The summed E-state index contributed by atoms with van der Waals surface area (Å²) in [5, 5.41) is 7.08. The molecule has 4 rings (SSSR count). The van der Waals surface area contributed by atoms with E-state index in [1.165, 1.54) is 9.18 Å². The molecule has 29 heavy (non-hydrogen) atoms.